The maximum Gasteiger partial charge on any atom is 0.238 e. The molecular weight excluding hydrogens is 358 g/mol. The number of carbonyl (C=O) groups excluding carboxylic acids is 1. The molecule has 0 unspecified atom stereocenters. The number of nitrogens with zero attached hydrogens (tertiary/aromatic N) is 1. The van der Waals surface area contributed by atoms with Crippen LogP contribution in [0.2, 0.25) is 5.02 Å². The molecule has 1 saturated heterocycles. The average Bonchev–Trinajstić information content (AvgIpc) is 2.98. The summed E-state index contributed by atoms with van der Waals surface area (Å²) in [4.78, 5) is 14.3. The van der Waals surface area contributed by atoms with Crippen molar-refractivity contribution in [3.05, 3.63) is 53.1 Å². The van der Waals surface area contributed by atoms with Gasteiger partial charge in [0.05, 0.1) is 19.0 Å². The smallest absolute Gasteiger partial charge is 0.238 e. The Hall–Kier alpha value is -1.85. The van der Waals surface area contributed by atoms with E-state index < -0.39 is 0 Å². The van der Waals surface area contributed by atoms with Crippen molar-refractivity contribution in [3.8, 4) is 11.5 Å². The zero-order chi connectivity index (χ0) is 17.8. The zero-order valence-electron chi connectivity index (χ0n) is 14.2. The number of benzene rings is 2. The van der Waals surface area contributed by atoms with Gasteiger partial charge in [0, 0.05) is 22.3 Å². The van der Waals surface area contributed by atoms with E-state index in [2.05, 4.69) is 0 Å². The highest BCUT2D eigenvalue weighted by Gasteiger charge is 2.35. The molecule has 2 aromatic rings. The van der Waals surface area contributed by atoms with Gasteiger partial charge in [0.25, 0.3) is 0 Å². The molecule has 0 spiro atoms. The van der Waals surface area contributed by atoms with Gasteiger partial charge in [0.2, 0.25) is 5.91 Å². The van der Waals surface area contributed by atoms with Gasteiger partial charge in [-0.2, -0.15) is 0 Å². The molecule has 0 bridgehead atoms. The van der Waals surface area contributed by atoms with Gasteiger partial charge in [0.15, 0.2) is 0 Å². The first-order valence-electron chi connectivity index (χ1n) is 8.22. The summed E-state index contributed by atoms with van der Waals surface area (Å²) in [7, 11) is 0. The highest BCUT2D eigenvalue weighted by Crippen LogP contribution is 2.45. The molecule has 0 radical (unpaired) electrons. The topological polar surface area (TPSA) is 38.8 Å². The van der Waals surface area contributed by atoms with Gasteiger partial charge >= 0.3 is 0 Å². The summed E-state index contributed by atoms with van der Waals surface area (Å²) in [5, 5.41) is 0.515. The molecule has 25 heavy (non-hydrogen) atoms. The second-order valence-corrected chi connectivity index (χ2v) is 6.97. The Kier molecular flexibility index (Phi) is 5.76. The van der Waals surface area contributed by atoms with Crippen LogP contribution >= 0.6 is 23.4 Å². The van der Waals surface area contributed by atoms with Gasteiger partial charge in [-0.3, -0.25) is 9.69 Å². The maximum atomic E-state index is 12.5. The minimum Gasteiger partial charge on any atom is -0.494 e. The second-order valence-electron chi connectivity index (χ2n) is 5.47. The monoisotopic (exact) mass is 377 g/mol. The zero-order valence-corrected chi connectivity index (χ0v) is 15.8. The number of amides is 1. The third-order valence-electron chi connectivity index (χ3n) is 3.83. The van der Waals surface area contributed by atoms with Crippen molar-refractivity contribution in [2.75, 3.05) is 23.9 Å². The summed E-state index contributed by atoms with van der Waals surface area (Å²) in [6.07, 6.45) is 0. The van der Waals surface area contributed by atoms with Crippen molar-refractivity contribution in [3.63, 3.8) is 0 Å². The molecule has 4 nitrogen and oxygen atoms in total. The highest BCUT2D eigenvalue weighted by molar-refractivity contribution is 8.00. The van der Waals surface area contributed by atoms with Crippen LogP contribution in [-0.4, -0.2) is 24.9 Å². The maximum absolute atomic E-state index is 12.5. The van der Waals surface area contributed by atoms with Crippen molar-refractivity contribution < 1.29 is 14.3 Å². The number of thioether (sulfide) groups is 1. The standard InChI is InChI=1S/C19H20ClNO3S/c1-3-23-15-9-10-16(17(11-15)24-4-2)19-21(18(22)12-25-19)14-7-5-13(20)6-8-14/h5-11,19H,3-4,12H2,1-2H3/t19-/m1/s1. The van der Waals surface area contributed by atoms with Crippen LogP contribution in [0, 0.1) is 0 Å². The molecule has 3 rings (SSSR count). The van der Waals surface area contributed by atoms with Crippen LogP contribution in [0.15, 0.2) is 42.5 Å². The Morgan fingerprint density at radius 3 is 2.52 bits per heavy atom. The predicted molar refractivity (Wildman–Crippen MR) is 103 cm³/mol. The first-order valence-corrected chi connectivity index (χ1v) is 9.65. The molecule has 2 aromatic carbocycles. The van der Waals surface area contributed by atoms with Crippen LogP contribution in [0.5, 0.6) is 11.5 Å². The van der Waals surface area contributed by atoms with E-state index >= 15 is 0 Å². The minimum absolute atomic E-state index is 0.0775. The fourth-order valence-electron chi connectivity index (χ4n) is 2.79. The molecule has 1 heterocycles. The van der Waals surface area contributed by atoms with E-state index in [0.717, 1.165) is 22.7 Å². The molecule has 1 aliphatic heterocycles. The summed E-state index contributed by atoms with van der Waals surface area (Å²) in [6.45, 7) is 5.04. The van der Waals surface area contributed by atoms with E-state index in [1.54, 1.807) is 28.8 Å². The first kappa shape index (κ1) is 18.0. The van der Waals surface area contributed by atoms with E-state index in [9.17, 15) is 4.79 Å². The lowest BCUT2D eigenvalue weighted by Gasteiger charge is -2.26. The fraction of sp³-hybridized carbons (Fsp3) is 0.316. The summed E-state index contributed by atoms with van der Waals surface area (Å²) in [5.41, 5.74) is 1.80. The molecule has 0 saturated carbocycles. The van der Waals surface area contributed by atoms with Gasteiger partial charge < -0.3 is 9.47 Å². The molecule has 1 fully saturated rings. The highest BCUT2D eigenvalue weighted by atomic mass is 35.5. The molecule has 1 amide bonds. The van der Waals surface area contributed by atoms with Crippen LogP contribution in [-0.2, 0) is 4.79 Å². The average molecular weight is 378 g/mol. The molecular formula is C19H20ClNO3S. The summed E-state index contributed by atoms with van der Waals surface area (Å²) < 4.78 is 11.4. The Balaban J connectivity index is 1.98. The van der Waals surface area contributed by atoms with Gasteiger partial charge in [-0.05, 0) is 50.2 Å². The molecule has 0 aliphatic carbocycles. The molecule has 1 atom stereocenters. The van der Waals surface area contributed by atoms with E-state index in [4.69, 9.17) is 21.1 Å². The third kappa shape index (κ3) is 3.88. The van der Waals surface area contributed by atoms with Crippen LogP contribution < -0.4 is 14.4 Å². The lowest BCUT2D eigenvalue weighted by atomic mass is 10.1. The number of anilines is 1. The SMILES string of the molecule is CCOc1ccc([C@H]2SCC(=O)N2c2ccc(Cl)cc2)c(OCC)c1. The van der Waals surface area contributed by atoms with Gasteiger partial charge in [0.1, 0.15) is 16.9 Å². The van der Waals surface area contributed by atoms with Crippen molar-refractivity contribution in [2.45, 2.75) is 19.2 Å². The van der Waals surface area contributed by atoms with E-state index in [0.29, 0.717) is 24.0 Å². The van der Waals surface area contributed by atoms with Crippen LogP contribution in [0.4, 0.5) is 5.69 Å². The lowest BCUT2D eigenvalue weighted by Crippen LogP contribution is -2.28. The Morgan fingerprint density at radius 2 is 1.84 bits per heavy atom. The first-order chi connectivity index (χ1) is 12.1. The Labute approximate surface area is 157 Å². The van der Waals surface area contributed by atoms with Crippen LogP contribution in [0.3, 0.4) is 0 Å². The largest absolute Gasteiger partial charge is 0.494 e. The van der Waals surface area contributed by atoms with E-state index in [1.807, 2.05) is 44.2 Å². The van der Waals surface area contributed by atoms with Crippen molar-refractivity contribution in [1.29, 1.82) is 0 Å². The summed E-state index contributed by atoms with van der Waals surface area (Å²) >= 11 is 7.57. The van der Waals surface area contributed by atoms with Gasteiger partial charge in [-0.15, -0.1) is 11.8 Å². The summed E-state index contributed by atoms with van der Waals surface area (Å²) in [5.74, 6) is 2.03. The molecule has 1 aliphatic rings. The predicted octanol–water partition coefficient (Wildman–Crippen LogP) is 4.92. The quantitative estimate of drug-likeness (QED) is 0.716. The summed E-state index contributed by atoms with van der Waals surface area (Å²) in [6, 6.07) is 13.1. The minimum atomic E-state index is -0.133. The Bertz CT molecular complexity index is 751. The van der Waals surface area contributed by atoms with E-state index in [1.165, 1.54) is 0 Å². The van der Waals surface area contributed by atoms with E-state index in [-0.39, 0.29) is 11.3 Å². The van der Waals surface area contributed by atoms with Crippen LogP contribution in [0.25, 0.3) is 0 Å². The number of carbonyl (C=O) groups is 1. The fourth-order valence-corrected chi connectivity index (χ4v) is 4.12. The van der Waals surface area contributed by atoms with Gasteiger partial charge in [-0.25, -0.2) is 0 Å². The number of halogens is 1. The number of rotatable bonds is 6. The molecule has 0 N–H and O–H groups in total. The van der Waals surface area contributed by atoms with Crippen molar-refractivity contribution in [1.82, 2.24) is 0 Å². The lowest BCUT2D eigenvalue weighted by molar-refractivity contribution is -0.115. The Morgan fingerprint density at radius 1 is 1.12 bits per heavy atom. The second kappa shape index (κ2) is 8.02. The molecule has 6 heteroatoms. The van der Waals surface area contributed by atoms with Crippen molar-refractivity contribution in [2.24, 2.45) is 0 Å². The number of hydrogen-bond donors (Lipinski definition) is 0. The molecule has 0 aromatic heterocycles. The van der Waals surface area contributed by atoms with Crippen molar-refractivity contribution >= 4 is 35.0 Å². The van der Waals surface area contributed by atoms with Gasteiger partial charge in [-0.1, -0.05) is 11.6 Å². The molecule has 132 valence electrons. The normalized spacial score (nSPS) is 17.0. The number of ether oxygens (including phenoxy) is 2. The van der Waals surface area contributed by atoms with Crippen LogP contribution in [0.1, 0.15) is 24.8 Å². The number of hydrogen-bond acceptors (Lipinski definition) is 4. The third-order valence-corrected chi connectivity index (χ3v) is 5.28.